The Balaban J connectivity index is 1.89. The molecule has 0 aromatic heterocycles. The number of alkyl halides is 1. The molecule has 1 heterocycles. The zero-order valence-electron chi connectivity index (χ0n) is 11.4. The van der Waals surface area contributed by atoms with E-state index in [0.29, 0.717) is 12.5 Å². The highest BCUT2D eigenvalue weighted by Gasteiger charge is 2.21. The molecule has 1 nitrogen and oxygen atoms in total. The first kappa shape index (κ1) is 14.7. The second kappa shape index (κ2) is 6.25. The molecule has 1 unspecified atom stereocenters. The Morgan fingerprint density at radius 1 is 1.19 bits per heavy atom. The van der Waals surface area contributed by atoms with E-state index in [1.54, 1.807) is 12.1 Å². The molecule has 2 aromatic carbocycles. The Morgan fingerprint density at radius 2 is 1.95 bits per heavy atom. The van der Waals surface area contributed by atoms with E-state index in [-0.39, 0.29) is 11.7 Å². The van der Waals surface area contributed by atoms with Crippen molar-refractivity contribution in [2.45, 2.75) is 18.8 Å². The molecule has 0 fully saturated rings. The topological polar surface area (TPSA) is 9.23 Å². The molecule has 1 aliphatic rings. The molecule has 1 atom stereocenters. The van der Waals surface area contributed by atoms with Gasteiger partial charge in [-0.15, -0.1) is 11.6 Å². The predicted octanol–water partition coefficient (Wildman–Crippen LogP) is 4.98. The van der Waals surface area contributed by atoms with Gasteiger partial charge in [-0.2, -0.15) is 0 Å². The van der Waals surface area contributed by atoms with Crippen LogP contribution < -0.4 is 4.74 Å². The maximum Gasteiger partial charge on any atom is 0.125 e. The maximum absolute atomic E-state index is 13.0. The molecule has 21 heavy (non-hydrogen) atoms. The molecule has 0 radical (unpaired) electrons. The second-order valence-electron chi connectivity index (χ2n) is 5.26. The van der Waals surface area contributed by atoms with Crippen molar-refractivity contribution in [3.8, 4) is 5.75 Å². The first-order valence-electron chi connectivity index (χ1n) is 6.93. The molecule has 0 aliphatic carbocycles. The van der Waals surface area contributed by atoms with E-state index in [1.165, 1.54) is 12.1 Å². The summed E-state index contributed by atoms with van der Waals surface area (Å²) in [7, 11) is 0. The van der Waals surface area contributed by atoms with Gasteiger partial charge in [0, 0.05) is 23.2 Å². The number of benzene rings is 2. The largest absolute Gasteiger partial charge is 0.493 e. The van der Waals surface area contributed by atoms with Gasteiger partial charge in [0.25, 0.3) is 0 Å². The summed E-state index contributed by atoms with van der Waals surface area (Å²) in [4.78, 5) is 0. The SMILES string of the molecule is Fc1ccc(C(CCl)Cc2cc(Cl)cc3c2OCC3)cc1. The van der Waals surface area contributed by atoms with Gasteiger partial charge in [0.2, 0.25) is 0 Å². The van der Waals surface area contributed by atoms with Gasteiger partial charge in [0.15, 0.2) is 0 Å². The fraction of sp³-hybridized carbons (Fsp3) is 0.294. The van der Waals surface area contributed by atoms with E-state index < -0.39 is 0 Å². The zero-order valence-corrected chi connectivity index (χ0v) is 12.9. The summed E-state index contributed by atoms with van der Waals surface area (Å²) < 4.78 is 18.8. The average molecular weight is 325 g/mol. The molecule has 0 spiro atoms. The molecule has 0 amide bonds. The van der Waals surface area contributed by atoms with Gasteiger partial charge in [-0.1, -0.05) is 23.7 Å². The monoisotopic (exact) mass is 324 g/mol. The lowest BCUT2D eigenvalue weighted by Gasteiger charge is -2.17. The molecule has 4 heteroatoms. The van der Waals surface area contributed by atoms with Crippen molar-refractivity contribution in [1.82, 2.24) is 0 Å². The summed E-state index contributed by atoms with van der Waals surface area (Å²) in [5, 5.41) is 0.724. The van der Waals surface area contributed by atoms with Gasteiger partial charge in [-0.3, -0.25) is 0 Å². The summed E-state index contributed by atoms with van der Waals surface area (Å²) in [5.41, 5.74) is 3.26. The van der Waals surface area contributed by atoms with Gasteiger partial charge in [-0.25, -0.2) is 4.39 Å². The smallest absolute Gasteiger partial charge is 0.125 e. The van der Waals surface area contributed by atoms with Crippen molar-refractivity contribution in [3.05, 3.63) is 63.9 Å². The predicted molar refractivity (Wildman–Crippen MR) is 84.2 cm³/mol. The number of fused-ring (bicyclic) bond motifs is 1. The maximum atomic E-state index is 13.0. The highest BCUT2D eigenvalue weighted by Crippen LogP contribution is 2.36. The van der Waals surface area contributed by atoms with Crippen LogP contribution in [0.15, 0.2) is 36.4 Å². The lowest BCUT2D eigenvalue weighted by atomic mass is 9.92. The van der Waals surface area contributed by atoms with Crippen LogP contribution in [0.25, 0.3) is 0 Å². The molecule has 110 valence electrons. The van der Waals surface area contributed by atoms with Crippen molar-refractivity contribution in [2.24, 2.45) is 0 Å². The molecular formula is C17H15Cl2FO. The molecule has 0 saturated heterocycles. The molecule has 0 saturated carbocycles. The van der Waals surface area contributed by atoms with Crippen LogP contribution in [0.5, 0.6) is 5.75 Å². The van der Waals surface area contributed by atoms with Crippen LogP contribution in [-0.2, 0) is 12.8 Å². The van der Waals surface area contributed by atoms with Gasteiger partial charge in [0.1, 0.15) is 11.6 Å². The van der Waals surface area contributed by atoms with Crippen molar-refractivity contribution in [1.29, 1.82) is 0 Å². The van der Waals surface area contributed by atoms with Crippen LogP contribution >= 0.6 is 23.2 Å². The molecular weight excluding hydrogens is 310 g/mol. The van der Waals surface area contributed by atoms with Gasteiger partial charge in [-0.05, 0) is 47.4 Å². The van der Waals surface area contributed by atoms with Crippen LogP contribution in [0.1, 0.15) is 22.6 Å². The molecule has 1 aliphatic heterocycles. The number of hydrogen-bond acceptors (Lipinski definition) is 1. The second-order valence-corrected chi connectivity index (χ2v) is 6.00. The van der Waals surface area contributed by atoms with Crippen LogP contribution in [0.2, 0.25) is 5.02 Å². The van der Waals surface area contributed by atoms with Gasteiger partial charge >= 0.3 is 0 Å². The first-order valence-corrected chi connectivity index (χ1v) is 7.84. The molecule has 0 N–H and O–H groups in total. The minimum Gasteiger partial charge on any atom is -0.493 e. The van der Waals surface area contributed by atoms with Crippen LogP contribution in [0, 0.1) is 5.82 Å². The number of hydrogen-bond donors (Lipinski definition) is 0. The highest BCUT2D eigenvalue weighted by atomic mass is 35.5. The minimum atomic E-state index is -0.237. The van der Waals surface area contributed by atoms with Crippen molar-refractivity contribution in [3.63, 3.8) is 0 Å². The molecule has 0 bridgehead atoms. The van der Waals surface area contributed by atoms with Crippen LogP contribution in [-0.4, -0.2) is 12.5 Å². The summed E-state index contributed by atoms with van der Waals surface area (Å²) in [6.07, 6.45) is 1.63. The quantitative estimate of drug-likeness (QED) is 0.721. The Bertz CT molecular complexity index is 640. The van der Waals surface area contributed by atoms with E-state index in [9.17, 15) is 4.39 Å². The number of ether oxygens (including phenoxy) is 1. The van der Waals surface area contributed by atoms with Crippen LogP contribution in [0.3, 0.4) is 0 Å². The summed E-state index contributed by atoms with van der Waals surface area (Å²) in [5.74, 6) is 1.28. The van der Waals surface area contributed by atoms with E-state index in [2.05, 4.69) is 0 Å². The third-order valence-corrected chi connectivity index (χ3v) is 4.41. The van der Waals surface area contributed by atoms with E-state index in [0.717, 1.165) is 40.3 Å². The normalized spacial score (nSPS) is 14.6. The Labute approximate surface area is 133 Å². The summed E-state index contributed by atoms with van der Waals surface area (Å²) in [6, 6.07) is 10.4. The highest BCUT2D eigenvalue weighted by molar-refractivity contribution is 6.30. The summed E-state index contributed by atoms with van der Waals surface area (Å²) in [6.45, 7) is 0.699. The number of halogens is 3. The summed E-state index contributed by atoms with van der Waals surface area (Å²) >= 11 is 12.3. The molecule has 2 aromatic rings. The Hall–Kier alpha value is -1.25. The van der Waals surface area contributed by atoms with Gasteiger partial charge < -0.3 is 4.74 Å². The van der Waals surface area contributed by atoms with E-state index >= 15 is 0 Å². The lowest BCUT2D eigenvalue weighted by molar-refractivity contribution is 0.353. The van der Waals surface area contributed by atoms with Crippen molar-refractivity contribution >= 4 is 23.2 Å². The van der Waals surface area contributed by atoms with Gasteiger partial charge in [0.05, 0.1) is 6.61 Å². The van der Waals surface area contributed by atoms with Crippen molar-refractivity contribution in [2.75, 3.05) is 12.5 Å². The van der Waals surface area contributed by atoms with Crippen molar-refractivity contribution < 1.29 is 9.13 Å². The average Bonchev–Trinajstić information content (AvgIpc) is 2.94. The van der Waals surface area contributed by atoms with E-state index in [1.807, 2.05) is 12.1 Å². The Morgan fingerprint density at radius 3 is 2.67 bits per heavy atom. The number of rotatable bonds is 4. The molecule has 3 rings (SSSR count). The zero-order chi connectivity index (χ0) is 14.8. The van der Waals surface area contributed by atoms with E-state index in [4.69, 9.17) is 27.9 Å². The lowest BCUT2D eigenvalue weighted by Crippen LogP contribution is -2.06. The third kappa shape index (κ3) is 3.17. The standard InChI is InChI=1S/C17H15Cl2FO/c18-10-14(11-1-3-16(20)4-2-11)7-13-9-15(19)8-12-5-6-21-17(12)13/h1-4,8-9,14H,5-7,10H2. The first-order chi connectivity index (χ1) is 10.2. The third-order valence-electron chi connectivity index (χ3n) is 3.82. The fourth-order valence-corrected chi connectivity index (χ4v) is 3.31. The van der Waals surface area contributed by atoms with Crippen LogP contribution in [0.4, 0.5) is 4.39 Å². The minimum absolute atomic E-state index is 0.110. The fourth-order valence-electron chi connectivity index (χ4n) is 2.76. The Kier molecular flexibility index (Phi) is 4.37.